The van der Waals surface area contributed by atoms with E-state index in [4.69, 9.17) is 4.74 Å². The first-order valence-electron chi connectivity index (χ1n) is 7.87. The van der Waals surface area contributed by atoms with Crippen LogP contribution in [0.3, 0.4) is 0 Å². The summed E-state index contributed by atoms with van der Waals surface area (Å²) in [5, 5.41) is 13.5. The summed E-state index contributed by atoms with van der Waals surface area (Å²) in [6, 6.07) is 6.44. The van der Waals surface area contributed by atoms with Gasteiger partial charge in [-0.15, -0.1) is 0 Å². The van der Waals surface area contributed by atoms with Crippen LogP contribution in [0.4, 0.5) is 10.5 Å². The lowest BCUT2D eigenvalue weighted by atomic mass is 9.90. The van der Waals surface area contributed by atoms with Crippen LogP contribution in [0.15, 0.2) is 24.3 Å². The number of nitrogens with one attached hydrogen (secondary N) is 1. The van der Waals surface area contributed by atoms with Crippen LogP contribution in [0, 0.1) is 10.1 Å². The second kappa shape index (κ2) is 7.94. The van der Waals surface area contributed by atoms with Gasteiger partial charge in [-0.3, -0.25) is 10.1 Å². The smallest absolute Gasteiger partial charge is 0.407 e. The molecule has 0 heterocycles. The van der Waals surface area contributed by atoms with E-state index in [1.807, 2.05) is 27.7 Å². The number of amides is 1. The van der Waals surface area contributed by atoms with Crippen molar-refractivity contribution in [1.29, 1.82) is 0 Å². The van der Waals surface area contributed by atoms with E-state index in [0.717, 1.165) is 18.4 Å². The van der Waals surface area contributed by atoms with E-state index < -0.39 is 11.0 Å². The molecule has 1 amide bonds. The van der Waals surface area contributed by atoms with Crippen LogP contribution in [0.2, 0.25) is 0 Å². The number of carbonyl (C=O) groups excluding carboxylic acids is 1. The molecule has 6 heteroatoms. The molecule has 0 saturated heterocycles. The molecule has 0 unspecified atom stereocenters. The Morgan fingerprint density at radius 3 is 2.30 bits per heavy atom. The van der Waals surface area contributed by atoms with Crippen molar-refractivity contribution in [2.45, 2.75) is 65.0 Å². The molecule has 1 rings (SSSR count). The zero-order valence-corrected chi connectivity index (χ0v) is 14.5. The van der Waals surface area contributed by atoms with Crippen molar-refractivity contribution in [3.8, 4) is 0 Å². The summed E-state index contributed by atoms with van der Waals surface area (Å²) >= 11 is 0. The van der Waals surface area contributed by atoms with Gasteiger partial charge in [0.25, 0.3) is 5.69 Å². The van der Waals surface area contributed by atoms with Gasteiger partial charge in [0.2, 0.25) is 0 Å². The molecule has 2 atom stereocenters. The molecule has 0 bridgehead atoms. The third-order valence-electron chi connectivity index (χ3n) is 3.47. The molecule has 0 fully saturated rings. The number of ether oxygens (including phenoxy) is 1. The zero-order chi connectivity index (χ0) is 17.6. The monoisotopic (exact) mass is 322 g/mol. The first-order chi connectivity index (χ1) is 10.6. The summed E-state index contributed by atoms with van der Waals surface area (Å²) in [7, 11) is 0. The van der Waals surface area contributed by atoms with E-state index in [1.165, 1.54) is 12.1 Å². The van der Waals surface area contributed by atoms with Gasteiger partial charge in [0.15, 0.2) is 0 Å². The second-order valence-corrected chi connectivity index (χ2v) is 6.73. The summed E-state index contributed by atoms with van der Waals surface area (Å²) in [5.41, 5.74) is 0.640. The fourth-order valence-electron chi connectivity index (χ4n) is 2.41. The van der Waals surface area contributed by atoms with Crippen molar-refractivity contribution in [2.24, 2.45) is 0 Å². The number of nitro groups is 1. The maximum Gasteiger partial charge on any atom is 0.407 e. The normalized spacial score (nSPS) is 14.0. The van der Waals surface area contributed by atoms with Crippen LogP contribution < -0.4 is 5.32 Å². The quantitative estimate of drug-likeness (QED) is 0.622. The highest BCUT2D eigenvalue weighted by Crippen LogP contribution is 2.28. The maximum atomic E-state index is 11.9. The Labute approximate surface area is 137 Å². The van der Waals surface area contributed by atoms with Gasteiger partial charge in [0.1, 0.15) is 6.10 Å². The van der Waals surface area contributed by atoms with Crippen molar-refractivity contribution in [1.82, 2.24) is 5.32 Å². The average molecular weight is 322 g/mol. The number of hydrogen-bond donors (Lipinski definition) is 1. The van der Waals surface area contributed by atoms with Crippen LogP contribution in [-0.2, 0) is 4.74 Å². The highest BCUT2D eigenvalue weighted by atomic mass is 16.6. The van der Waals surface area contributed by atoms with Gasteiger partial charge in [-0.25, -0.2) is 4.79 Å². The molecule has 0 aliphatic heterocycles. The number of nitro benzene ring substituents is 1. The van der Waals surface area contributed by atoms with Crippen molar-refractivity contribution >= 4 is 11.8 Å². The topological polar surface area (TPSA) is 81.5 Å². The van der Waals surface area contributed by atoms with Gasteiger partial charge < -0.3 is 10.1 Å². The first-order valence-corrected chi connectivity index (χ1v) is 7.87. The summed E-state index contributed by atoms with van der Waals surface area (Å²) in [4.78, 5) is 22.3. The number of rotatable bonds is 6. The van der Waals surface area contributed by atoms with Gasteiger partial charge in [-0.1, -0.05) is 25.5 Å². The second-order valence-electron chi connectivity index (χ2n) is 6.73. The summed E-state index contributed by atoms with van der Waals surface area (Å²) < 4.78 is 5.49. The average Bonchev–Trinajstić information content (AvgIpc) is 2.42. The third kappa shape index (κ3) is 6.26. The van der Waals surface area contributed by atoms with Gasteiger partial charge in [-0.05, 0) is 39.7 Å². The van der Waals surface area contributed by atoms with Crippen molar-refractivity contribution < 1.29 is 14.5 Å². The molecule has 128 valence electrons. The molecule has 1 N–H and O–H groups in total. The Morgan fingerprint density at radius 1 is 1.30 bits per heavy atom. The molecule has 0 aliphatic rings. The van der Waals surface area contributed by atoms with Gasteiger partial charge in [0.05, 0.1) is 4.92 Å². The van der Waals surface area contributed by atoms with Crippen LogP contribution in [0.25, 0.3) is 0 Å². The molecule has 0 aliphatic carbocycles. The van der Waals surface area contributed by atoms with Gasteiger partial charge >= 0.3 is 6.09 Å². The van der Waals surface area contributed by atoms with Crippen LogP contribution in [0.1, 0.15) is 58.9 Å². The van der Waals surface area contributed by atoms with Crippen LogP contribution >= 0.6 is 0 Å². The molecule has 1 aromatic rings. The zero-order valence-electron chi connectivity index (χ0n) is 14.5. The highest BCUT2D eigenvalue weighted by molar-refractivity contribution is 5.68. The number of benzene rings is 1. The number of carbonyl (C=O) groups is 1. The van der Waals surface area contributed by atoms with E-state index >= 15 is 0 Å². The van der Waals surface area contributed by atoms with Crippen molar-refractivity contribution in [3.05, 3.63) is 39.9 Å². The predicted molar refractivity (Wildman–Crippen MR) is 89.6 cm³/mol. The van der Waals surface area contributed by atoms with E-state index in [2.05, 4.69) is 12.2 Å². The molecule has 23 heavy (non-hydrogen) atoms. The molecule has 0 aromatic heterocycles. The minimum absolute atomic E-state index is 0.00604. The lowest BCUT2D eigenvalue weighted by Crippen LogP contribution is -2.42. The minimum Gasteiger partial charge on any atom is -0.446 e. The SMILES string of the molecule is CCC[C@H](c1ccc([N+](=O)[O-])cc1)[C@@H](C)OC(=O)NC(C)(C)C. The molecule has 0 spiro atoms. The number of hydrogen-bond acceptors (Lipinski definition) is 4. The molecule has 6 nitrogen and oxygen atoms in total. The fraction of sp³-hybridized carbons (Fsp3) is 0.588. The molecular formula is C17H26N2O4. The van der Waals surface area contributed by atoms with Gasteiger partial charge in [0, 0.05) is 23.6 Å². The van der Waals surface area contributed by atoms with Gasteiger partial charge in [-0.2, -0.15) is 0 Å². The summed E-state index contributed by atoms with van der Waals surface area (Å²) in [6.07, 6.45) is 0.990. The lowest BCUT2D eigenvalue weighted by molar-refractivity contribution is -0.384. The highest BCUT2D eigenvalue weighted by Gasteiger charge is 2.24. The molecule has 1 aromatic carbocycles. The van der Waals surface area contributed by atoms with E-state index in [0.29, 0.717) is 0 Å². The number of alkyl carbamates (subject to hydrolysis) is 1. The van der Waals surface area contributed by atoms with Crippen molar-refractivity contribution in [3.63, 3.8) is 0 Å². The first kappa shape index (κ1) is 18.9. The maximum absolute atomic E-state index is 11.9. The summed E-state index contributed by atoms with van der Waals surface area (Å²) in [5.74, 6) is 0.00604. The standard InChI is InChI=1S/C17H26N2O4/c1-6-7-15(12(2)23-16(20)18-17(3,4)5)13-8-10-14(11-9-13)19(21)22/h8-12,15H,6-7H2,1-5H3,(H,18,20)/t12-,15+/m1/s1. The Hall–Kier alpha value is -2.11. The molecule has 0 saturated carbocycles. The van der Waals surface area contributed by atoms with E-state index in [1.54, 1.807) is 12.1 Å². The van der Waals surface area contributed by atoms with Crippen molar-refractivity contribution in [2.75, 3.05) is 0 Å². The Kier molecular flexibility index (Phi) is 6.54. The number of nitrogens with zero attached hydrogens (tertiary/aromatic N) is 1. The fourth-order valence-corrected chi connectivity index (χ4v) is 2.41. The lowest BCUT2D eigenvalue weighted by Gasteiger charge is -2.27. The molecular weight excluding hydrogens is 296 g/mol. The van der Waals surface area contributed by atoms with Crippen LogP contribution in [-0.4, -0.2) is 22.7 Å². The Balaban J connectivity index is 2.84. The van der Waals surface area contributed by atoms with E-state index in [9.17, 15) is 14.9 Å². The third-order valence-corrected chi connectivity index (χ3v) is 3.47. The Bertz CT molecular complexity index is 535. The largest absolute Gasteiger partial charge is 0.446 e. The predicted octanol–water partition coefficient (Wildman–Crippen LogP) is 4.39. The van der Waals surface area contributed by atoms with E-state index in [-0.39, 0.29) is 23.2 Å². The van der Waals surface area contributed by atoms with Crippen LogP contribution in [0.5, 0.6) is 0 Å². The molecule has 0 radical (unpaired) electrons. The Morgan fingerprint density at radius 2 is 1.87 bits per heavy atom. The summed E-state index contributed by atoms with van der Waals surface area (Å²) in [6.45, 7) is 9.57. The minimum atomic E-state index is -0.451. The number of non-ortho nitro benzene ring substituents is 1.